The fourth-order valence-corrected chi connectivity index (χ4v) is 3.44. The Labute approximate surface area is 124 Å². The summed E-state index contributed by atoms with van der Waals surface area (Å²) in [5.74, 6) is 0.824. The Kier molecular flexibility index (Phi) is 5.44. The zero-order valence-corrected chi connectivity index (χ0v) is 13.4. The quantitative estimate of drug-likeness (QED) is 0.871. The number of morpholine rings is 1. The van der Waals surface area contributed by atoms with E-state index in [1.807, 2.05) is 0 Å². The first-order valence-electron chi connectivity index (χ1n) is 5.79. The maximum atomic E-state index is 5.31. The van der Waals surface area contributed by atoms with Crippen LogP contribution < -0.4 is 10.2 Å². The molecule has 0 aliphatic carbocycles. The van der Waals surface area contributed by atoms with E-state index in [4.69, 9.17) is 9.47 Å². The number of hydrogen-bond donors (Lipinski definition) is 1. The molecule has 0 atom stereocenters. The van der Waals surface area contributed by atoms with Crippen molar-refractivity contribution < 1.29 is 9.47 Å². The summed E-state index contributed by atoms with van der Waals surface area (Å²) in [6.45, 7) is 4.24. The maximum Gasteiger partial charge on any atom is 0.147 e. The molecule has 4 nitrogen and oxygen atoms in total. The number of benzene rings is 1. The smallest absolute Gasteiger partial charge is 0.147 e. The molecule has 1 aliphatic heterocycles. The minimum Gasteiger partial charge on any atom is -0.494 e. The maximum absolute atomic E-state index is 5.31. The third-order valence-corrected chi connectivity index (χ3v) is 3.96. The second-order valence-corrected chi connectivity index (χ2v) is 5.74. The molecule has 2 rings (SSSR count). The van der Waals surface area contributed by atoms with E-state index >= 15 is 0 Å². The Morgan fingerprint density at radius 2 is 1.89 bits per heavy atom. The van der Waals surface area contributed by atoms with Crippen LogP contribution in [-0.2, 0) is 11.3 Å². The van der Waals surface area contributed by atoms with Gasteiger partial charge in [-0.25, -0.2) is 5.01 Å². The average Bonchev–Trinajstić information content (AvgIpc) is 2.37. The van der Waals surface area contributed by atoms with Gasteiger partial charge in [0, 0.05) is 19.6 Å². The number of halogens is 2. The van der Waals surface area contributed by atoms with Gasteiger partial charge in [0.25, 0.3) is 0 Å². The molecule has 0 saturated carbocycles. The average molecular weight is 380 g/mol. The number of hydrogen-bond acceptors (Lipinski definition) is 4. The van der Waals surface area contributed by atoms with Gasteiger partial charge in [0.05, 0.1) is 29.3 Å². The third kappa shape index (κ3) is 3.68. The Bertz CT molecular complexity index is 386. The second-order valence-electron chi connectivity index (χ2n) is 4.03. The molecule has 6 heteroatoms. The first-order chi connectivity index (χ1) is 8.70. The zero-order valence-electron chi connectivity index (χ0n) is 10.2. The molecule has 1 fully saturated rings. The summed E-state index contributed by atoms with van der Waals surface area (Å²) in [6, 6.07) is 4.13. The van der Waals surface area contributed by atoms with Gasteiger partial charge in [-0.3, -0.25) is 5.43 Å². The molecule has 18 heavy (non-hydrogen) atoms. The number of nitrogens with zero attached hydrogens (tertiary/aromatic N) is 1. The van der Waals surface area contributed by atoms with Crippen LogP contribution >= 0.6 is 31.9 Å². The highest BCUT2D eigenvalue weighted by atomic mass is 79.9. The standard InChI is InChI=1S/C12H16Br2N2O2/c1-17-12-10(13)6-9(7-11(12)14)8-15-16-2-4-18-5-3-16/h6-7,15H,2-5,8H2,1H3. The highest BCUT2D eigenvalue weighted by molar-refractivity contribution is 9.11. The van der Waals surface area contributed by atoms with Crippen LogP contribution in [0.3, 0.4) is 0 Å². The molecule has 0 aromatic heterocycles. The van der Waals surface area contributed by atoms with Crippen molar-refractivity contribution in [2.24, 2.45) is 0 Å². The molecule has 0 radical (unpaired) electrons. The van der Waals surface area contributed by atoms with Gasteiger partial charge in [-0.1, -0.05) is 0 Å². The number of rotatable bonds is 4. The summed E-state index contributed by atoms with van der Waals surface area (Å²) >= 11 is 7.02. The van der Waals surface area contributed by atoms with Gasteiger partial charge in [0.1, 0.15) is 5.75 Å². The highest BCUT2D eigenvalue weighted by Gasteiger charge is 2.11. The van der Waals surface area contributed by atoms with Gasteiger partial charge < -0.3 is 9.47 Å². The molecular weight excluding hydrogens is 364 g/mol. The number of ether oxygens (including phenoxy) is 2. The fourth-order valence-electron chi connectivity index (χ4n) is 1.83. The predicted octanol–water partition coefficient (Wildman–Crippen LogP) is 2.56. The number of methoxy groups -OCH3 is 1. The first kappa shape index (κ1) is 14.3. The lowest BCUT2D eigenvalue weighted by Gasteiger charge is -2.27. The van der Waals surface area contributed by atoms with Gasteiger partial charge in [0.2, 0.25) is 0 Å². The Balaban J connectivity index is 1.96. The van der Waals surface area contributed by atoms with Gasteiger partial charge in [-0.15, -0.1) is 0 Å². The highest BCUT2D eigenvalue weighted by Crippen LogP contribution is 2.34. The van der Waals surface area contributed by atoms with E-state index in [-0.39, 0.29) is 0 Å². The number of hydrazine groups is 1. The van der Waals surface area contributed by atoms with Crippen molar-refractivity contribution >= 4 is 31.9 Å². The Morgan fingerprint density at radius 3 is 2.44 bits per heavy atom. The second kappa shape index (κ2) is 6.86. The van der Waals surface area contributed by atoms with Crippen molar-refractivity contribution in [1.29, 1.82) is 0 Å². The van der Waals surface area contributed by atoms with Crippen LogP contribution in [0.25, 0.3) is 0 Å². The summed E-state index contributed by atoms with van der Waals surface area (Å²) in [5, 5.41) is 2.19. The zero-order chi connectivity index (χ0) is 13.0. The van der Waals surface area contributed by atoms with Gasteiger partial charge in [-0.2, -0.15) is 0 Å². The predicted molar refractivity (Wildman–Crippen MR) is 77.6 cm³/mol. The Morgan fingerprint density at radius 1 is 1.28 bits per heavy atom. The van der Waals surface area contributed by atoms with Crippen molar-refractivity contribution in [2.75, 3.05) is 33.4 Å². The van der Waals surface area contributed by atoms with Crippen LogP contribution in [0, 0.1) is 0 Å². The van der Waals surface area contributed by atoms with Crippen LogP contribution in [0.5, 0.6) is 5.75 Å². The van der Waals surface area contributed by atoms with Gasteiger partial charge in [0.15, 0.2) is 0 Å². The molecule has 1 aromatic rings. The molecule has 1 saturated heterocycles. The van der Waals surface area contributed by atoms with Gasteiger partial charge >= 0.3 is 0 Å². The minimum atomic E-state index is 0.793. The van der Waals surface area contributed by atoms with E-state index in [0.717, 1.165) is 47.5 Å². The SMILES string of the molecule is COc1c(Br)cc(CNN2CCOCC2)cc1Br. The van der Waals surface area contributed by atoms with Crippen molar-refractivity contribution in [3.63, 3.8) is 0 Å². The summed E-state index contributed by atoms with van der Waals surface area (Å²) in [5.41, 5.74) is 4.60. The molecule has 0 amide bonds. The lowest BCUT2D eigenvalue weighted by Crippen LogP contribution is -2.45. The van der Waals surface area contributed by atoms with Crippen molar-refractivity contribution in [3.05, 3.63) is 26.6 Å². The minimum absolute atomic E-state index is 0.793. The summed E-state index contributed by atoms with van der Waals surface area (Å²) in [6.07, 6.45) is 0. The molecule has 1 aromatic carbocycles. The van der Waals surface area contributed by atoms with Crippen molar-refractivity contribution in [2.45, 2.75) is 6.54 Å². The largest absolute Gasteiger partial charge is 0.494 e. The lowest BCUT2D eigenvalue weighted by atomic mass is 10.2. The van der Waals surface area contributed by atoms with E-state index < -0.39 is 0 Å². The summed E-state index contributed by atoms with van der Waals surface area (Å²) in [7, 11) is 1.66. The molecule has 1 heterocycles. The molecular formula is C12H16Br2N2O2. The van der Waals surface area contributed by atoms with Crippen LogP contribution in [0.2, 0.25) is 0 Å². The third-order valence-electron chi connectivity index (χ3n) is 2.78. The summed E-state index contributed by atoms with van der Waals surface area (Å²) in [4.78, 5) is 0. The molecule has 0 spiro atoms. The van der Waals surface area contributed by atoms with Crippen LogP contribution in [0.4, 0.5) is 0 Å². The monoisotopic (exact) mass is 378 g/mol. The van der Waals surface area contributed by atoms with Crippen LogP contribution in [0.15, 0.2) is 21.1 Å². The molecule has 1 aliphatic rings. The van der Waals surface area contributed by atoms with E-state index in [9.17, 15) is 0 Å². The molecule has 0 unspecified atom stereocenters. The molecule has 100 valence electrons. The number of nitrogens with one attached hydrogen (secondary N) is 1. The van der Waals surface area contributed by atoms with Crippen molar-refractivity contribution in [1.82, 2.24) is 10.4 Å². The van der Waals surface area contributed by atoms with Gasteiger partial charge in [-0.05, 0) is 49.6 Å². The Hall–Kier alpha value is -0.140. The lowest BCUT2D eigenvalue weighted by molar-refractivity contribution is 0.0105. The topological polar surface area (TPSA) is 33.7 Å². The normalized spacial score (nSPS) is 16.8. The van der Waals surface area contributed by atoms with E-state index in [1.165, 1.54) is 5.56 Å². The fraction of sp³-hybridized carbons (Fsp3) is 0.500. The summed E-state index contributed by atoms with van der Waals surface area (Å²) < 4.78 is 12.5. The van der Waals surface area contributed by atoms with E-state index in [2.05, 4.69) is 54.4 Å². The van der Waals surface area contributed by atoms with E-state index in [0.29, 0.717) is 0 Å². The van der Waals surface area contributed by atoms with Crippen LogP contribution in [-0.4, -0.2) is 38.4 Å². The first-order valence-corrected chi connectivity index (χ1v) is 7.37. The van der Waals surface area contributed by atoms with Crippen LogP contribution in [0.1, 0.15) is 5.56 Å². The molecule has 0 bridgehead atoms. The molecule has 1 N–H and O–H groups in total. The van der Waals surface area contributed by atoms with E-state index in [1.54, 1.807) is 7.11 Å². The van der Waals surface area contributed by atoms with Crippen molar-refractivity contribution in [3.8, 4) is 5.75 Å².